The molecule has 0 unspecified atom stereocenters. The number of hydrogen-bond donors (Lipinski definition) is 4. The summed E-state index contributed by atoms with van der Waals surface area (Å²) in [6, 6.07) is 29.4. The molecule has 0 bridgehead atoms. The number of fused-ring (bicyclic) bond motifs is 3. The average Bonchev–Trinajstić information content (AvgIpc) is 1.64. The van der Waals surface area contributed by atoms with Crippen molar-refractivity contribution in [1.29, 1.82) is 0 Å². The van der Waals surface area contributed by atoms with Crippen LogP contribution in [0.4, 0.5) is 5.82 Å². The SMILES string of the molecule is BrB(Br)Br.CCC(=O)CC(=O)c1ccc(OC)cc1.CCc1nc2cc(Cl)ncn2c1C(=O)c1cc(Br)c(O)c(Br)c1.CCc1nc2cc(Cl)ncn2c1C(=O)c1ccc(O)cc1.CCc1nc2cc(Cl)ncn2c1C(=O)c1ccc(OC)cc1.Nc1cc(Cl)ncn1.[B]=NS. The van der Waals surface area contributed by atoms with Gasteiger partial charge >= 0.3 is 27.9 Å². The van der Waals surface area contributed by atoms with Crippen LogP contribution >= 0.6 is 138 Å². The number of halogens is 9. The number of aromatic hydroxyl groups is 2. The number of nitrogens with zero attached hydrogens (tertiary/aromatic N) is 12. The third-order valence-electron chi connectivity index (χ3n) is 12.9. The van der Waals surface area contributed by atoms with Crippen LogP contribution < -0.4 is 15.2 Å². The van der Waals surface area contributed by atoms with Crippen molar-refractivity contribution in [2.24, 2.45) is 4.30 Å². The predicted octanol–water partition coefficient (Wildman–Crippen LogP) is 15.8. The first kappa shape index (κ1) is 79.7. The van der Waals surface area contributed by atoms with Gasteiger partial charge in [0.1, 0.15) is 115 Å². The molecule has 11 aromatic rings. The number of Topliss-reactive ketones (excluding diaryl/α,β-unsaturated/α-hetero) is 2. The molecular weight excluding hydrogens is 1670 g/mol. The molecule has 0 saturated heterocycles. The van der Waals surface area contributed by atoms with E-state index in [1.165, 1.54) is 43.5 Å². The second-order valence-electron chi connectivity index (χ2n) is 19.0. The Labute approximate surface area is 619 Å². The quantitative estimate of drug-likeness (QED) is 0.0244. The Bertz CT molecular complexity index is 4480. The Kier molecular flexibility index (Phi) is 32.7. The van der Waals surface area contributed by atoms with Crippen LogP contribution in [0, 0.1) is 0 Å². The third kappa shape index (κ3) is 22.8. The van der Waals surface area contributed by atoms with Gasteiger partial charge in [0.2, 0.25) is 17.3 Å². The molecule has 0 amide bonds. The summed E-state index contributed by atoms with van der Waals surface area (Å²) < 4.78 is 18.9. The zero-order valence-electron chi connectivity index (χ0n) is 51.4. The van der Waals surface area contributed by atoms with Crippen molar-refractivity contribution in [2.75, 3.05) is 20.0 Å². The van der Waals surface area contributed by atoms with E-state index in [1.807, 2.05) is 20.8 Å². The number of anilines is 1. The number of phenolic OH excluding ortho intramolecular Hbond substituents is 2. The Hall–Kier alpha value is -6.99. The molecule has 0 spiro atoms. The van der Waals surface area contributed by atoms with Crippen molar-refractivity contribution >= 4 is 201 Å². The predicted molar refractivity (Wildman–Crippen MR) is 395 cm³/mol. The zero-order valence-corrected chi connectivity index (χ0v) is 63.3. The van der Waals surface area contributed by atoms with Crippen LogP contribution in [0.5, 0.6) is 23.0 Å². The van der Waals surface area contributed by atoms with E-state index in [0.717, 1.165) is 5.69 Å². The summed E-state index contributed by atoms with van der Waals surface area (Å²) in [5.74, 6) is 1.33. The number of thiol groups is 1. The van der Waals surface area contributed by atoms with E-state index in [-0.39, 0.29) is 50.0 Å². The van der Waals surface area contributed by atoms with Crippen LogP contribution in [0.3, 0.4) is 0 Å². The molecular formula is C62H55B2Br5Cl4N13O9S. The first-order chi connectivity index (χ1) is 45.8. The molecule has 0 fully saturated rings. The van der Waals surface area contributed by atoms with Crippen LogP contribution in [-0.4, -0.2) is 117 Å². The topological polar surface area (TPSA) is 299 Å². The molecule has 0 aliphatic rings. The van der Waals surface area contributed by atoms with Gasteiger partial charge in [-0.3, -0.25) is 37.2 Å². The number of aryl methyl sites for hydroxylation is 3. The van der Waals surface area contributed by atoms with Gasteiger partial charge in [0.25, 0.3) is 0 Å². The molecule has 4 aromatic carbocycles. The molecule has 0 atom stereocenters. The number of nitrogen functional groups attached to an aromatic ring is 1. The number of imidazole rings is 3. The van der Waals surface area contributed by atoms with Crippen LogP contribution in [0.25, 0.3) is 16.9 Å². The van der Waals surface area contributed by atoms with Gasteiger partial charge in [-0.15, -0.1) is 47.3 Å². The first-order valence-corrected chi connectivity index (χ1v) is 34.2. The standard InChI is InChI=1S/C16H14ClN3O2.C15H10Br2ClN3O2.C15H12ClN3O2.C12H14O3.C4H4ClN3.BBr3.BHNS/c1-3-12-15(20-9-18-13(17)8-14(20)19-12)16(21)10-4-6-11(22-2)7-5-10;1-2-10-13(21-6-19-11(18)5-12(21)20-10)14(22)7-3-8(16)15(23)9(17)4-7;1-2-11-14(15(21)9-3-5-10(20)6-4-9)19-8-17-12(16)7-13(19)18-11;1-3-10(13)8-12(14)9-4-6-11(15-2)7-5-9;5-3-1-4(6)8-2-7-3;2-1(3)4;1-2-3/h4-9H,3H2,1-2H3;3-6,23H,2H2,1H3;3-8,20H,2H2,1H3;4-7H,3,8H2,1-2H3;1-2H,(H2,6,7,8);;3H. The molecule has 22 nitrogen and oxygen atoms in total. The summed E-state index contributed by atoms with van der Waals surface area (Å²) in [5, 5.41) is 20.5. The Morgan fingerprint density at radius 3 is 1.20 bits per heavy atom. The number of phenols is 2. The second-order valence-corrected chi connectivity index (χ2v) is 28.9. The molecule has 7 heterocycles. The zero-order chi connectivity index (χ0) is 70.9. The summed E-state index contributed by atoms with van der Waals surface area (Å²) in [7, 11) is 7.49. The van der Waals surface area contributed by atoms with E-state index in [0.29, 0.717) is 140 Å². The molecule has 34 heteroatoms. The van der Waals surface area contributed by atoms with Crippen molar-refractivity contribution in [3.8, 4) is 23.0 Å². The van der Waals surface area contributed by atoms with Crippen LogP contribution in [0.1, 0.15) is 116 Å². The summed E-state index contributed by atoms with van der Waals surface area (Å²) in [6.45, 7) is 7.58. The molecule has 0 aliphatic carbocycles. The molecule has 11 rings (SSSR count). The Morgan fingerprint density at radius 1 is 0.552 bits per heavy atom. The van der Waals surface area contributed by atoms with Crippen LogP contribution in [0.15, 0.2) is 148 Å². The normalized spacial score (nSPS) is 10.2. The number of methoxy groups -OCH3 is 2. The fraction of sp³-hybridized carbons (Fsp3) is 0.177. The summed E-state index contributed by atoms with van der Waals surface area (Å²) in [6.07, 6.45) is 8.10. The van der Waals surface area contributed by atoms with Crippen molar-refractivity contribution < 1.29 is 43.7 Å². The number of rotatable bonds is 15. The molecule has 1 radical (unpaired) electrons. The number of carbonyl (C=O) groups is 5. The van der Waals surface area contributed by atoms with E-state index >= 15 is 0 Å². The number of carbonyl (C=O) groups excluding carboxylic acids is 5. The maximum atomic E-state index is 13.0. The van der Waals surface area contributed by atoms with Gasteiger partial charge < -0.3 is 25.4 Å². The third-order valence-corrected chi connectivity index (χ3v) is 14.9. The number of nitrogens with two attached hydrogens (primary N) is 1. The number of benzene rings is 4. The van der Waals surface area contributed by atoms with Crippen molar-refractivity contribution in [1.82, 2.24) is 53.1 Å². The molecule has 0 saturated carbocycles. The first-order valence-electron chi connectivity index (χ1n) is 28.0. The summed E-state index contributed by atoms with van der Waals surface area (Å²) >= 11 is 42.0. The van der Waals surface area contributed by atoms with Crippen molar-refractivity contribution in [3.05, 3.63) is 220 Å². The monoisotopic (exact) mass is 1710 g/mol. The van der Waals surface area contributed by atoms with E-state index in [2.05, 4.69) is 144 Å². The Morgan fingerprint density at radius 2 is 0.885 bits per heavy atom. The van der Waals surface area contributed by atoms with Gasteiger partial charge in [-0.1, -0.05) is 74.1 Å². The number of ether oxygens (including phenoxy) is 2. The molecule has 7 aromatic heterocycles. The van der Waals surface area contributed by atoms with Gasteiger partial charge in [-0.05, 0) is 136 Å². The van der Waals surface area contributed by atoms with Gasteiger partial charge in [0, 0.05) is 52.9 Å². The van der Waals surface area contributed by atoms with E-state index in [9.17, 15) is 34.2 Å². The second kappa shape index (κ2) is 39.4. The van der Waals surface area contributed by atoms with E-state index in [4.69, 9.17) is 61.6 Å². The average molecular weight is 1720 g/mol. The van der Waals surface area contributed by atoms with Gasteiger partial charge in [-0.25, -0.2) is 39.9 Å². The van der Waals surface area contributed by atoms with Gasteiger partial charge in [-0.2, -0.15) is 0 Å². The molecule has 497 valence electrons. The summed E-state index contributed by atoms with van der Waals surface area (Å²) in [4.78, 5) is 93.7. The molecule has 4 N–H and O–H groups in total. The molecule has 0 aliphatic heterocycles. The molecule has 96 heavy (non-hydrogen) atoms. The van der Waals surface area contributed by atoms with E-state index < -0.39 is 0 Å². The minimum absolute atomic E-state index is 0.0111. The van der Waals surface area contributed by atoms with Crippen LogP contribution in [-0.2, 0) is 24.1 Å². The van der Waals surface area contributed by atoms with E-state index in [1.54, 1.807) is 125 Å². The van der Waals surface area contributed by atoms with Crippen molar-refractivity contribution in [2.45, 2.75) is 59.8 Å². The number of hydrogen-bond acceptors (Lipinski definition) is 20. The fourth-order valence-corrected chi connectivity index (χ4v) is 10.1. The van der Waals surface area contributed by atoms with Gasteiger partial charge in [0.15, 0.2) is 5.78 Å². The fourth-order valence-electron chi connectivity index (χ4n) is 8.38. The minimum atomic E-state index is -0.208. The summed E-state index contributed by atoms with van der Waals surface area (Å²) in [5.41, 5.74) is 12.6. The number of ketones is 5. The van der Waals surface area contributed by atoms with Crippen LogP contribution in [0.2, 0.25) is 20.6 Å². The Balaban J connectivity index is 0.000000217. The van der Waals surface area contributed by atoms with Crippen molar-refractivity contribution in [3.63, 3.8) is 0 Å². The maximum absolute atomic E-state index is 13.0. The van der Waals surface area contributed by atoms with Gasteiger partial charge in [0.05, 0.1) is 46.7 Å². The number of aromatic nitrogens is 11.